The number of rotatable bonds is 7. The van der Waals surface area contributed by atoms with Gasteiger partial charge in [0.05, 0.1) is 6.54 Å². The molecule has 126 valence electrons. The van der Waals surface area contributed by atoms with E-state index >= 15 is 0 Å². The van der Waals surface area contributed by atoms with Crippen LogP contribution in [-0.4, -0.2) is 19.0 Å². The zero-order valence-electron chi connectivity index (χ0n) is 14.1. The molecule has 0 saturated carbocycles. The third-order valence-electron chi connectivity index (χ3n) is 3.99. The number of hydrogen-bond acceptors (Lipinski definition) is 2. The molecule has 0 aliphatic carbocycles. The fraction of sp³-hybridized carbons (Fsp3) is 0.136. The van der Waals surface area contributed by atoms with Crippen LogP contribution in [-0.2, 0) is 11.2 Å². The minimum Gasteiger partial charge on any atom is -0.308 e. The number of nitrogens with zero attached hydrogens (tertiary/aromatic N) is 1. The molecule has 3 aromatic rings. The van der Waals surface area contributed by atoms with Gasteiger partial charge in [0.1, 0.15) is 0 Å². The van der Waals surface area contributed by atoms with Crippen molar-refractivity contribution < 1.29 is 4.79 Å². The Hall–Kier alpha value is -2.91. The van der Waals surface area contributed by atoms with Crippen LogP contribution in [0.15, 0.2) is 91.0 Å². The highest BCUT2D eigenvalue weighted by molar-refractivity contribution is 6.01. The number of anilines is 2. The molecule has 0 atom stereocenters. The number of nitrogens with one attached hydrogen (secondary N) is 1. The Morgan fingerprint density at radius 2 is 1.20 bits per heavy atom. The maximum absolute atomic E-state index is 12.8. The summed E-state index contributed by atoms with van der Waals surface area (Å²) < 4.78 is 0. The highest BCUT2D eigenvalue weighted by atomic mass is 16.2. The Kier molecular flexibility index (Phi) is 5.96. The SMILES string of the molecule is O=C(CNCCc1ccccc1)N(c1ccccc1)c1ccccc1. The molecule has 3 rings (SSSR count). The first-order valence-electron chi connectivity index (χ1n) is 8.52. The van der Waals surface area contributed by atoms with Crippen LogP contribution in [0.2, 0.25) is 0 Å². The van der Waals surface area contributed by atoms with Gasteiger partial charge < -0.3 is 5.32 Å². The molecule has 3 aromatic carbocycles. The van der Waals surface area contributed by atoms with E-state index in [9.17, 15) is 4.79 Å². The van der Waals surface area contributed by atoms with Crippen molar-refractivity contribution in [3.8, 4) is 0 Å². The zero-order chi connectivity index (χ0) is 17.3. The third-order valence-corrected chi connectivity index (χ3v) is 3.99. The number of carbonyl (C=O) groups is 1. The predicted octanol–water partition coefficient (Wildman–Crippen LogP) is 4.18. The van der Waals surface area contributed by atoms with Gasteiger partial charge >= 0.3 is 0 Å². The largest absolute Gasteiger partial charge is 0.308 e. The lowest BCUT2D eigenvalue weighted by Crippen LogP contribution is -2.36. The van der Waals surface area contributed by atoms with Gasteiger partial charge in [0.15, 0.2) is 0 Å². The topological polar surface area (TPSA) is 32.3 Å². The van der Waals surface area contributed by atoms with Gasteiger partial charge in [-0.1, -0.05) is 66.7 Å². The smallest absolute Gasteiger partial charge is 0.245 e. The van der Waals surface area contributed by atoms with Gasteiger partial charge in [-0.25, -0.2) is 0 Å². The van der Waals surface area contributed by atoms with Gasteiger partial charge in [-0.3, -0.25) is 9.69 Å². The summed E-state index contributed by atoms with van der Waals surface area (Å²) in [6, 6.07) is 29.8. The van der Waals surface area contributed by atoms with Gasteiger partial charge in [-0.05, 0) is 42.8 Å². The quantitative estimate of drug-likeness (QED) is 0.659. The Balaban J connectivity index is 1.64. The highest BCUT2D eigenvalue weighted by Gasteiger charge is 2.16. The second-order valence-corrected chi connectivity index (χ2v) is 5.81. The molecule has 1 amide bonds. The van der Waals surface area contributed by atoms with Crippen LogP contribution in [0.4, 0.5) is 11.4 Å². The number of para-hydroxylation sites is 2. The maximum Gasteiger partial charge on any atom is 0.245 e. The molecule has 3 nitrogen and oxygen atoms in total. The minimum atomic E-state index is 0.0328. The maximum atomic E-state index is 12.8. The van der Waals surface area contributed by atoms with Crippen molar-refractivity contribution in [2.24, 2.45) is 0 Å². The summed E-state index contributed by atoms with van der Waals surface area (Å²) in [6.07, 6.45) is 0.908. The van der Waals surface area contributed by atoms with E-state index < -0.39 is 0 Å². The standard InChI is InChI=1S/C22H22N2O/c25-22(18-23-17-16-19-10-4-1-5-11-19)24(20-12-6-2-7-13-20)21-14-8-3-9-15-21/h1-15,23H,16-18H2. The normalized spacial score (nSPS) is 10.4. The van der Waals surface area contributed by atoms with Crippen LogP contribution >= 0.6 is 0 Å². The van der Waals surface area contributed by atoms with Gasteiger partial charge in [-0.15, -0.1) is 0 Å². The zero-order valence-corrected chi connectivity index (χ0v) is 14.1. The molecular weight excluding hydrogens is 308 g/mol. The van der Waals surface area contributed by atoms with E-state index in [2.05, 4.69) is 17.4 Å². The molecule has 25 heavy (non-hydrogen) atoms. The van der Waals surface area contributed by atoms with Gasteiger partial charge in [0, 0.05) is 11.4 Å². The molecule has 3 heteroatoms. The van der Waals surface area contributed by atoms with Crippen molar-refractivity contribution in [3.63, 3.8) is 0 Å². The molecule has 0 unspecified atom stereocenters. The first-order valence-corrected chi connectivity index (χ1v) is 8.52. The van der Waals surface area contributed by atoms with E-state index in [1.807, 2.05) is 78.9 Å². The Labute approximate surface area is 148 Å². The monoisotopic (exact) mass is 330 g/mol. The number of benzene rings is 3. The molecule has 0 heterocycles. The van der Waals surface area contributed by atoms with Gasteiger partial charge in [0.2, 0.25) is 5.91 Å². The summed E-state index contributed by atoms with van der Waals surface area (Å²) in [6.45, 7) is 1.07. The van der Waals surface area contributed by atoms with Crippen LogP contribution in [0, 0.1) is 0 Å². The van der Waals surface area contributed by atoms with Crippen molar-refractivity contribution in [1.29, 1.82) is 0 Å². The average Bonchev–Trinajstić information content (AvgIpc) is 2.68. The second kappa shape index (κ2) is 8.81. The molecule has 0 bridgehead atoms. The molecule has 0 radical (unpaired) electrons. The van der Waals surface area contributed by atoms with E-state index in [1.54, 1.807) is 4.90 Å². The van der Waals surface area contributed by atoms with Crippen molar-refractivity contribution in [3.05, 3.63) is 96.6 Å². The summed E-state index contributed by atoms with van der Waals surface area (Å²) in [4.78, 5) is 14.6. The number of carbonyl (C=O) groups excluding carboxylic acids is 1. The highest BCUT2D eigenvalue weighted by Crippen LogP contribution is 2.24. The molecule has 0 saturated heterocycles. The van der Waals surface area contributed by atoms with E-state index in [0.29, 0.717) is 6.54 Å². The van der Waals surface area contributed by atoms with E-state index in [1.165, 1.54) is 5.56 Å². The molecule has 0 aliphatic rings. The molecule has 0 aromatic heterocycles. The number of hydrogen-bond donors (Lipinski definition) is 1. The Morgan fingerprint density at radius 1 is 0.720 bits per heavy atom. The minimum absolute atomic E-state index is 0.0328. The van der Waals surface area contributed by atoms with E-state index in [4.69, 9.17) is 0 Å². The first-order chi connectivity index (χ1) is 12.3. The van der Waals surface area contributed by atoms with Crippen LogP contribution in [0.1, 0.15) is 5.56 Å². The van der Waals surface area contributed by atoms with Crippen LogP contribution in [0.25, 0.3) is 0 Å². The van der Waals surface area contributed by atoms with Crippen LogP contribution < -0.4 is 10.2 Å². The molecule has 1 N–H and O–H groups in total. The summed E-state index contributed by atoms with van der Waals surface area (Å²) in [5.41, 5.74) is 3.03. The van der Waals surface area contributed by atoms with Gasteiger partial charge in [-0.2, -0.15) is 0 Å². The van der Waals surface area contributed by atoms with Crippen LogP contribution in [0.3, 0.4) is 0 Å². The number of amides is 1. The lowest BCUT2D eigenvalue weighted by molar-refractivity contribution is -0.117. The Bertz CT molecular complexity index is 733. The van der Waals surface area contributed by atoms with Crippen molar-refractivity contribution in [2.75, 3.05) is 18.0 Å². The third kappa shape index (κ3) is 4.78. The average molecular weight is 330 g/mol. The molecule has 0 spiro atoms. The summed E-state index contributed by atoms with van der Waals surface area (Å²) >= 11 is 0. The molecular formula is C22H22N2O. The van der Waals surface area contributed by atoms with Crippen molar-refractivity contribution in [2.45, 2.75) is 6.42 Å². The van der Waals surface area contributed by atoms with Crippen LogP contribution in [0.5, 0.6) is 0 Å². The summed E-state index contributed by atoms with van der Waals surface area (Å²) in [5, 5.41) is 3.26. The lowest BCUT2D eigenvalue weighted by atomic mass is 10.1. The van der Waals surface area contributed by atoms with Crippen molar-refractivity contribution >= 4 is 17.3 Å². The van der Waals surface area contributed by atoms with E-state index in [-0.39, 0.29) is 5.91 Å². The van der Waals surface area contributed by atoms with E-state index in [0.717, 1.165) is 24.3 Å². The predicted molar refractivity (Wildman–Crippen MR) is 103 cm³/mol. The first kappa shape index (κ1) is 16.9. The Morgan fingerprint density at radius 3 is 1.72 bits per heavy atom. The fourth-order valence-corrected chi connectivity index (χ4v) is 2.74. The van der Waals surface area contributed by atoms with Crippen molar-refractivity contribution in [1.82, 2.24) is 5.32 Å². The molecule has 0 fully saturated rings. The van der Waals surface area contributed by atoms with Gasteiger partial charge in [0.25, 0.3) is 0 Å². The second-order valence-electron chi connectivity index (χ2n) is 5.81. The summed E-state index contributed by atoms with van der Waals surface area (Å²) in [7, 11) is 0. The fourth-order valence-electron chi connectivity index (χ4n) is 2.74. The lowest BCUT2D eigenvalue weighted by Gasteiger charge is -2.23. The summed E-state index contributed by atoms with van der Waals surface area (Å²) in [5.74, 6) is 0.0328. The molecule has 0 aliphatic heterocycles.